The van der Waals surface area contributed by atoms with Gasteiger partial charge in [-0.05, 0) is 26.7 Å². The summed E-state index contributed by atoms with van der Waals surface area (Å²) in [4.78, 5) is 39.7. The minimum absolute atomic E-state index is 0.0572. The number of hydrogen-bond donors (Lipinski definition) is 1. The SMILES string of the molecule is CCCCC(CC)C(=O)N1CCN(C(=O)C(=O)NC(C)C)CC1. The second-order valence-corrected chi connectivity index (χ2v) is 6.49. The number of hydrogen-bond acceptors (Lipinski definition) is 3. The van der Waals surface area contributed by atoms with Gasteiger partial charge in [0, 0.05) is 38.1 Å². The maximum Gasteiger partial charge on any atom is 0.312 e. The van der Waals surface area contributed by atoms with Gasteiger partial charge in [0.15, 0.2) is 0 Å². The number of carbonyl (C=O) groups is 3. The summed E-state index contributed by atoms with van der Waals surface area (Å²) in [5, 5.41) is 2.61. The van der Waals surface area contributed by atoms with E-state index in [4.69, 9.17) is 0 Å². The van der Waals surface area contributed by atoms with Gasteiger partial charge in [-0.2, -0.15) is 0 Å². The van der Waals surface area contributed by atoms with Gasteiger partial charge in [0.2, 0.25) is 5.91 Å². The highest BCUT2D eigenvalue weighted by Crippen LogP contribution is 2.17. The van der Waals surface area contributed by atoms with Gasteiger partial charge >= 0.3 is 11.8 Å². The molecular weight excluding hydrogens is 294 g/mol. The molecular formula is C17H31N3O3. The summed E-state index contributed by atoms with van der Waals surface area (Å²) in [7, 11) is 0. The minimum atomic E-state index is -0.561. The predicted molar refractivity (Wildman–Crippen MR) is 89.7 cm³/mol. The normalized spacial score (nSPS) is 16.4. The molecule has 1 unspecified atom stereocenters. The second kappa shape index (κ2) is 9.53. The summed E-state index contributed by atoms with van der Waals surface area (Å²) >= 11 is 0. The van der Waals surface area contributed by atoms with Gasteiger partial charge in [-0.25, -0.2) is 0 Å². The van der Waals surface area contributed by atoms with Crippen LogP contribution in [0, 0.1) is 5.92 Å². The van der Waals surface area contributed by atoms with Gasteiger partial charge in [-0.3, -0.25) is 14.4 Å². The number of rotatable bonds is 6. The minimum Gasteiger partial charge on any atom is -0.346 e. The summed E-state index contributed by atoms with van der Waals surface area (Å²) in [6.45, 7) is 9.72. The Morgan fingerprint density at radius 1 is 1.00 bits per heavy atom. The Kier molecular flexibility index (Phi) is 8.06. The lowest BCUT2D eigenvalue weighted by Gasteiger charge is -2.36. The Morgan fingerprint density at radius 2 is 1.57 bits per heavy atom. The number of amides is 3. The van der Waals surface area contributed by atoms with Gasteiger partial charge in [-0.1, -0.05) is 26.7 Å². The Morgan fingerprint density at radius 3 is 2.04 bits per heavy atom. The maximum absolute atomic E-state index is 12.5. The summed E-state index contributed by atoms with van der Waals surface area (Å²) in [6, 6.07) is -0.0572. The molecule has 0 aromatic heterocycles. The van der Waals surface area contributed by atoms with Crippen molar-refractivity contribution >= 4 is 17.7 Å². The highest BCUT2D eigenvalue weighted by molar-refractivity contribution is 6.35. The molecule has 3 amide bonds. The van der Waals surface area contributed by atoms with Gasteiger partial charge in [0.25, 0.3) is 0 Å². The van der Waals surface area contributed by atoms with Gasteiger partial charge < -0.3 is 15.1 Å². The van der Waals surface area contributed by atoms with Gasteiger partial charge in [-0.15, -0.1) is 0 Å². The fourth-order valence-corrected chi connectivity index (χ4v) is 2.81. The van der Waals surface area contributed by atoms with Crippen LogP contribution in [0.3, 0.4) is 0 Å². The van der Waals surface area contributed by atoms with Gasteiger partial charge in [0.05, 0.1) is 0 Å². The molecule has 0 radical (unpaired) electrons. The summed E-state index contributed by atoms with van der Waals surface area (Å²) in [5.41, 5.74) is 0. The van der Waals surface area contributed by atoms with E-state index in [0.29, 0.717) is 26.2 Å². The number of nitrogens with zero attached hydrogens (tertiary/aromatic N) is 2. The van der Waals surface area contributed by atoms with Crippen LogP contribution in [0.15, 0.2) is 0 Å². The van der Waals surface area contributed by atoms with Crippen molar-refractivity contribution in [1.82, 2.24) is 15.1 Å². The molecule has 132 valence electrons. The van der Waals surface area contributed by atoms with Crippen LogP contribution in [0.2, 0.25) is 0 Å². The zero-order chi connectivity index (χ0) is 17.4. The third-order valence-corrected chi connectivity index (χ3v) is 4.24. The molecule has 6 nitrogen and oxygen atoms in total. The molecule has 23 heavy (non-hydrogen) atoms. The Labute approximate surface area is 139 Å². The van der Waals surface area contributed by atoms with Crippen LogP contribution in [-0.4, -0.2) is 59.7 Å². The molecule has 1 N–H and O–H groups in total. The van der Waals surface area contributed by atoms with E-state index < -0.39 is 11.8 Å². The van der Waals surface area contributed by atoms with E-state index >= 15 is 0 Å². The molecule has 1 saturated heterocycles. The summed E-state index contributed by atoms with van der Waals surface area (Å²) < 4.78 is 0. The quantitative estimate of drug-likeness (QED) is 0.751. The Bertz CT molecular complexity index is 415. The third kappa shape index (κ3) is 5.84. The molecule has 6 heteroatoms. The molecule has 1 fully saturated rings. The van der Waals surface area contributed by atoms with Crippen LogP contribution in [0.1, 0.15) is 53.4 Å². The molecule has 0 aromatic carbocycles. The van der Waals surface area contributed by atoms with Crippen LogP contribution >= 0.6 is 0 Å². The summed E-state index contributed by atoms with van der Waals surface area (Å²) in [5.74, 6) is -0.779. The molecule has 1 aliphatic rings. The fraction of sp³-hybridized carbons (Fsp3) is 0.824. The van der Waals surface area contributed by atoms with Crippen molar-refractivity contribution in [3.8, 4) is 0 Å². The average Bonchev–Trinajstić information content (AvgIpc) is 2.54. The van der Waals surface area contributed by atoms with Crippen molar-refractivity contribution in [2.24, 2.45) is 5.92 Å². The topological polar surface area (TPSA) is 69.7 Å². The Balaban J connectivity index is 2.49. The average molecular weight is 325 g/mol. The lowest BCUT2D eigenvalue weighted by molar-refractivity contribution is -0.149. The predicted octanol–water partition coefficient (Wildman–Crippen LogP) is 1.40. The smallest absolute Gasteiger partial charge is 0.312 e. The standard InChI is InChI=1S/C17H31N3O3/c1-5-7-8-14(6-2)16(22)19-9-11-20(12-10-19)17(23)15(21)18-13(3)4/h13-14H,5-12H2,1-4H3,(H,18,21). The van der Waals surface area contributed by atoms with Crippen molar-refractivity contribution in [3.63, 3.8) is 0 Å². The second-order valence-electron chi connectivity index (χ2n) is 6.49. The highest BCUT2D eigenvalue weighted by Gasteiger charge is 2.30. The van der Waals surface area contributed by atoms with Crippen LogP contribution in [0.5, 0.6) is 0 Å². The van der Waals surface area contributed by atoms with Crippen LogP contribution in [-0.2, 0) is 14.4 Å². The zero-order valence-electron chi connectivity index (χ0n) is 14.9. The molecule has 0 saturated carbocycles. The van der Waals surface area contributed by atoms with Gasteiger partial charge in [0.1, 0.15) is 0 Å². The van der Waals surface area contributed by atoms with Crippen LogP contribution in [0.4, 0.5) is 0 Å². The zero-order valence-corrected chi connectivity index (χ0v) is 14.9. The molecule has 1 rings (SSSR count). The summed E-state index contributed by atoms with van der Waals surface area (Å²) in [6.07, 6.45) is 3.95. The molecule has 1 heterocycles. The number of unbranched alkanes of at least 4 members (excludes halogenated alkanes) is 1. The van der Waals surface area contributed by atoms with E-state index in [2.05, 4.69) is 12.2 Å². The fourth-order valence-electron chi connectivity index (χ4n) is 2.81. The van der Waals surface area contributed by atoms with Crippen molar-refractivity contribution in [2.75, 3.05) is 26.2 Å². The first kappa shape index (κ1) is 19.5. The van der Waals surface area contributed by atoms with E-state index in [9.17, 15) is 14.4 Å². The lowest BCUT2D eigenvalue weighted by atomic mass is 9.97. The van der Waals surface area contributed by atoms with Crippen molar-refractivity contribution < 1.29 is 14.4 Å². The Hall–Kier alpha value is -1.59. The molecule has 0 aliphatic carbocycles. The highest BCUT2D eigenvalue weighted by atomic mass is 16.2. The first-order valence-electron chi connectivity index (χ1n) is 8.79. The van der Waals surface area contributed by atoms with Crippen molar-refractivity contribution in [2.45, 2.75) is 59.4 Å². The lowest BCUT2D eigenvalue weighted by Crippen LogP contribution is -2.55. The number of nitrogens with one attached hydrogen (secondary N) is 1. The molecule has 0 spiro atoms. The number of piperazine rings is 1. The molecule has 0 bridgehead atoms. The van der Waals surface area contributed by atoms with Crippen molar-refractivity contribution in [3.05, 3.63) is 0 Å². The maximum atomic E-state index is 12.5. The largest absolute Gasteiger partial charge is 0.346 e. The van der Waals surface area contributed by atoms with Crippen LogP contribution in [0.25, 0.3) is 0 Å². The molecule has 1 aliphatic heterocycles. The first-order chi connectivity index (χ1) is 10.9. The van der Waals surface area contributed by atoms with E-state index in [-0.39, 0.29) is 17.9 Å². The van der Waals surface area contributed by atoms with E-state index in [1.165, 1.54) is 4.90 Å². The third-order valence-electron chi connectivity index (χ3n) is 4.24. The van der Waals surface area contributed by atoms with E-state index in [1.807, 2.05) is 25.7 Å². The molecule has 1 atom stereocenters. The monoisotopic (exact) mass is 325 g/mol. The van der Waals surface area contributed by atoms with Crippen LogP contribution < -0.4 is 5.32 Å². The van der Waals surface area contributed by atoms with Crippen molar-refractivity contribution in [1.29, 1.82) is 0 Å². The first-order valence-corrected chi connectivity index (χ1v) is 8.79. The van der Waals surface area contributed by atoms with E-state index in [1.54, 1.807) is 0 Å². The van der Waals surface area contributed by atoms with E-state index in [0.717, 1.165) is 25.7 Å². The number of carbonyl (C=O) groups excluding carboxylic acids is 3. The molecule has 0 aromatic rings.